The second kappa shape index (κ2) is 9.46. The molecular formula is C21H25F3N2O4S. The number of fused-ring (bicyclic) bond motifs is 1. The largest absolute Gasteiger partial charge is 0.493 e. The van der Waals surface area contributed by atoms with E-state index in [-0.39, 0.29) is 6.54 Å². The molecule has 0 radical (unpaired) electrons. The second-order valence-corrected chi connectivity index (χ2v) is 8.98. The number of nitrogens with zero attached hydrogens (tertiary/aromatic N) is 1. The molecule has 0 unspecified atom stereocenters. The highest BCUT2D eigenvalue weighted by Crippen LogP contribution is 2.34. The molecule has 170 valence electrons. The third kappa shape index (κ3) is 5.50. The summed E-state index contributed by atoms with van der Waals surface area (Å²) in [7, 11) is -1.09. The van der Waals surface area contributed by atoms with E-state index in [1.807, 2.05) is 12.1 Å². The van der Waals surface area contributed by atoms with Crippen molar-refractivity contribution in [2.45, 2.75) is 30.5 Å². The summed E-state index contributed by atoms with van der Waals surface area (Å²) in [6.07, 6.45) is -3.45. The molecule has 0 bridgehead atoms. The molecule has 1 aliphatic rings. The quantitative estimate of drug-likeness (QED) is 0.614. The Morgan fingerprint density at radius 2 is 1.71 bits per heavy atom. The maximum absolute atomic E-state index is 13.1. The Morgan fingerprint density at radius 1 is 1.06 bits per heavy atom. The first kappa shape index (κ1) is 23.4. The van der Waals surface area contributed by atoms with Crippen LogP contribution in [0.2, 0.25) is 0 Å². The molecule has 0 saturated heterocycles. The van der Waals surface area contributed by atoms with E-state index in [1.165, 1.54) is 17.7 Å². The van der Waals surface area contributed by atoms with Crippen LogP contribution in [-0.2, 0) is 29.2 Å². The summed E-state index contributed by atoms with van der Waals surface area (Å²) in [4.78, 5) is 1.42. The number of rotatable bonds is 8. The fourth-order valence-corrected chi connectivity index (χ4v) is 4.95. The molecule has 0 amide bonds. The van der Waals surface area contributed by atoms with Crippen molar-refractivity contribution in [3.8, 4) is 11.5 Å². The van der Waals surface area contributed by atoms with Gasteiger partial charge in [0.15, 0.2) is 11.5 Å². The van der Waals surface area contributed by atoms with Gasteiger partial charge >= 0.3 is 6.18 Å². The zero-order chi connectivity index (χ0) is 22.6. The van der Waals surface area contributed by atoms with Gasteiger partial charge in [-0.05, 0) is 54.8 Å². The topological polar surface area (TPSA) is 67.9 Å². The molecule has 0 fully saturated rings. The zero-order valence-electron chi connectivity index (χ0n) is 17.3. The Hall–Kier alpha value is -2.30. The highest BCUT2D eigenvalue weighted by Gasteiger charge is 2.36. The van der Waals surface area contributed by atoms with Crippen LogP contribution in [0.4, 0.5) is 13.2 Å². The second-order valence-electron chi connectivity index (χ2n) is 7.25. The third-order valence-corrected chi connectivity index (χ3v) is 6.74. The van der Waals surface area contributed by atoms with Gasteiger partial charge in [-0.25, -0.2) is 13.1 Å². The van der Waals surface area contributed by atoms with Gasteiger partial charge in [-0.1, -0.05) is 12.1 Å². The van der Waals surface area contributed by atoms with Crippen molar-refractivity contribution in [3.63, 3.8) is 0 Å². The van der Waals surface area contributed by atoms with Crippen molar-refractivity contribution in [2.75, 3.05) is 33.9 Å². The number of nitrogens with one attached hydrogen (secondary N) is 1. The molecule has 0 spiro atoms. The first-order valence-electron chi connectivity index (χ1n) is 9.77. The number of hydrogen-bond donors (Lipinski definition) is 1. The Labute approximate surface area is 180 Å². The van der Waals surface area contributed by atoms with E-state index in [0.717, 1.165) is 30.7 Å². The predicted octanol–water partition coefficient (Wildman–Crippen LogP) is 3.45. The first-order chi connectivity index (χ1) is 14.7. The summed E-state index contributed by atoms with van der Waals surface area (Å²) in [5.41, 5.74) is 1.13. The summed E-state index contributed by atoms with van der Waals surface area (Å²) in [6, 6.07) is 8.09. The molecule has 1 aliphatic heterocycles. The van der Waals surface area contributed by atoms with Crippen LogP contribution >= 0.6 is 0 Å². The van der Waals surface area contributed by atoms with E-state index >= 15 is 0 Å². The molecule has 0 saturated carbocycles. The SMILES string of the molecule is COc1cc2c(cc1OC)CN(CCCNS(=O)(=O)c1ccccc1C(F)(F)F)CC2. The molecule has 2 aromatic carbocycles. The van der Waals surface area contributed by atoms with E-state index in [1.54, 1.807) is 14.2 Å². The van der Waals surface area contributed by atoms with E-state index in [2.05, 4.69) is 9.62 Å². The Balaban J connectivity index is 1.57. The molecule has 1 N–H and O–H groups in total. The van der Waals surface area contributed by atoms with Gasteiger partial charge in [0.05, 0.1) is 24.7 Å². The number of halogens is 3. The minimum Gasteiger partial charge on any atom is -0.493 e. The van der Waals surface area contributed by atoms with Crippen molar-refractivity contribution in [1.82, 2.24) is 9.62 Å². The summed E-state index contributed by atoms with van der Waals surface area (Å²) >= 11 is 0. The van der Waals surface area contributed by atoms with Crippen LogP contribution in [0.25, 0.3) is 0 Å². The average molecular weight is 459 g/mol. The van der Waals surface area contributed by atoms with Crippen molar-refractivity contribution in [3.05, 3.63) is 53.1 Å². The van der Waals surface area contributed by atoms with Crippen LogP contribution in [0.15, 0.2) is 41.3 Å². The molecule has 2 aromatic rings. The summed E-state index contributed by atoms with van der Waals surface area (Å²) in [5.74, 6) is 1.34. The highest BCUT2D eigenvalue weighted by atomic mass is 32.2. The molecule has 3 rings (SSSR count). The maximum atomic E-state index is 13.1. The average Bonchev–Trinajstić information content (AvgIpc) is 2.75. The van der Waals surface area contributed by atoms with Crippen LogP contribution in [-0.4, -0.2) is 47.2 Å². The van der Waals surface area contributed by atoms with E-state index in [0.29, 0.717) is 31.0 Å². The molecule has 0 atom stereocenters. The number of benzene rings is 2. The Kier molecular flexibility index (Phi) is 7.13. The van der Waals surface area contributed by atoms with Gasteiger partial charge in [0.25, 0.3) is 0 Å². The lowest BCUT2D eigenvalue weighted by Crippen LogP contribution is -2.34. The molecule has 0 aromatic heterocycles. The van der Waals surface area contributed by atoms with Gasteiger partial charge in [0, 0.05) is 19.6 Å². The van der Waals surface area contributed by atoms with Crippen molar-refractivity contribution in [1.29, 1.82) is 0 Å². The molecule has 10 heteroatoms. The monoisotopic (exact) mass is 458 g/mol. The van der Waals surface area contributed by atoms with Crippen LogP contribution in [0.3, 0.4) is 0 Å². The van der Waals surface area contributed by atoms with E-state index in [4.69, 9.17) is 9.47 Å². The number of ether oxygens (including phenoxy) is 2. The fourth-order valence-electron chi connectivity index (χ4n) is 3.65. The van der Waals surface area contributed by atoms with Gasteiger partial charge in [-0.15, -0.1) is 0 Å². The number of sulfonamides is 1. The minimum absolute atomic E-state index is 0.0455. The molecule has 0 aliphatic carbocycles. The van der Waals surface area contributed by atoms with Crippen molar-refractivity contribution >= 4 is 10.0 Å². The van der Waals surface area contributed by atoms with Gasteiger partial charge < -0.3 is 9.47 Å². The molecule has 31 heavy (non-hydrogen) atoms. The molecular weight excluding hydrogens is 433 g/mol. The standard InChI is InChI=1S/C21H25F3N2O4S/c1-29-18-12-15-8-11-26(14-16(15)13-19(18)30-2)10-5-9-25-31(27,28)20-7-4-3-6-17(20)21(22,23)24/h3-4,6-7,12-13,25H,5,8-11,14H2,1-2H3. The number of hydrogen-bond acceptors (Lipinski definition) is 5. The number of methoxy groups -OCH3 is 2. The fraction of sp³-hybridized carbons (Fsp3) is 0.429. The van der Waals surface area contributed by atoms with Crippen molar-refractivity contribution < 1.29 is 31.1 Å². The minimum atomic E-state index is -4.74. The summed E-state index contributed by atoms with van der Waals surface area (Å²) < 4.78 is 77.1. The summed E-state index contributed by atoms with van der Waals surface area (Å²) in [5, 5.41) is 0. The van der Waals surface area contributed by atoms with E-state index < -0.39 is 26.7 Å². The zero-order valence-corrected chi connectivity index (χ0v) is 18.1. The van der Waals surface area contributed by atoms with Gasteiger partial charge in [0.2, 0.25) is 10.0 Å². The van der Waals surface area contributed by atoms with Gasteiger partial charge in [0.1, 0.15) is 0 Å². The number of alkyl halides is 3. The third-order valence-electron chi connectivity index (χ3n) is 5.22. The summed E-state index contributed by atoms with van der Waals surface area (Å²) in [6.45, 7) is 2.13. The van der Waals surface area contributed by atoms with Gasteiger partial charge in [-0.3, -0.25) is 4.90 Å². The molecule has 6 nitrogen and oxygen atoms in total. The van der Waals surface area contributed by atoms with Crippen molar-refractivity contribution in [2.24, 2.45) is 0 Å². The van der Waals surface area contributed by atoms with Gasteiger partial charge in [-0.2, -0.15) is 13.2 Å². The predicted molar refractivity (Wildman–Crippen MR) is 110 cm³/mol. The van der Waals surface area contributed by atoms with Crippen LogP contribution in [0, 0.1) is 0 Å². The first-order valence-corrected chi connectivity index (χ1v) is 11.3. The normalized spacial score (nSPS) is 14.9. The van der Waals surface area contributed by atoms with Crippen LogP contribution < -0.4 is 14.2 Å². The van der Waals surface area contributed by atoms with Crippen LogP contribution in [0.1, 0.15) is 23.1 Å². The Bertz CT molecular complexity index is 1030. The lowest BCUT2D eigenvalue weighted by atomic mass is 9.98. The highest BCUT2D eigenvalue weighted by molar-refractivity contribution is 7.89. The Morgan fingerprint density at radius 3 is 2.35 bits per heavy atom. The maximum Gasteiger partial charge on any atom is 0.417 e. The lowest BCUT2D eigenvalue weighted by molar-refractivity contribution is -0.139. The molecule has 1 heterocycles. The van der Waals surface area contributed by atoms with E-state index in [9.17, 15) is 21.6 Å². The van der Waals surface area contributed by atoms with Crippen LogP contribution in [0.5, 0.6) is 11.5 Å². The smallest absolute Gasteiger partial charge is 0.417 e. The lowest BCUT2D eigenvalue weighted by Gasteiger charge is -2.29.